The highest BCUT2D eigenvalue weighted by Gasteiger charge is 2.30. The molecule has 1 rings (SSSR count). The number of anilines is 1. The molecule has 3 N–H and O–H groups in total. The number of alkyl halides is 3. The summed E-state index contributed by atoms with van der Waals surface area (Å²) < 4.78 is 37.0. The molecule has 1 aromatic carbocycles. The molecule has 4 nitrogen and oxygen atoms in total. The van der Waals surface area contributed by atoms with E-state index in [0.29, 0.717) is 11.3 Å². The molecule has 1 aromatic rings. The number of hydrogen-bond donors (Lipinski definition) is 2. The molecule has 0 aliphatic carbocycles. The van der Waals surface area contributed by atoms with Crippen molar-refractivity contribution in [2.24, 2.45) is 10.9 Å². The van der Waals surface area contributed by atoms with Gasteiger partial charge in [0.1, 0.15) is 6.54 Å². The third kappa shape index (κ3) is 3.83. The van der Waals surface area contributed by atoms with Crippen LogP contribution in [0, 0.1) is 0 Å². The predicted octanol–water partition coefficient (Wildman–Crippen LogP) is 2.17. The maximum atomic E-state index is 12.3. The molecular formula is C11H14F3N3O. The first-order valence-electron chi connectivity index (χ1n) is 5.27. The first-order chi connectivity index (χ1) is 8.37. The predicted molar refractivity (Wildman–Crippen MR) is 62.9 cm³/mol. The van der Waals surface area contributed by atoms with Crippen molar-refractivity contribution in [2.45, 2.75) is 13.1 Å². The van der Waals surface area contributed by atoms with Gasteiger partial charge in [-0.3, -0.25) is 0 Å². The van der Waals surface area contributed by atoms with Crippen LogP contribution in [0.2, 0.25) is 0 Å². The zero-order chi connectivity index (χ0) is 13.8. The van der Waals surface area contributed by atoms with Gasteiger partial charge < -0.3 is 15.8 Å². The second-order valence-electron chi connectivity index (χ2n) is 3.66. The number of oxime groups is 1. The summed E-state index contributed by atoms with van der Waals surface area (Å²) in [4.78, 5) is 1.19. The van der Waals surface area contributed by atoms with Gasteiger partial charge in [0.15, 0.2) is 5.84 Å². The van der Waals surface area contributed by atoms with Crippen LogP contribution in [0.3, 0.4) is 0 Å². The Labute approximate surface area is 102 Å². The van der Waals surface area contributed by atoms with E-state index in [9.17, 15) is 13.2 Å². The Hall–Kier alpha value is -1.92. The Kier molecular flexibility index (Phi) is 4.41. The van der Waals surface area contributed by atoms with Gasteiger partial charge in [-0.2, -0.15) is 13.2 Å². The van der Waals surface area contributed by atoms with Gasteiger partial charge in [-0.15, -0.1) is 0 Å². The lowest BCUT2D eigenvalue weighted by Gasteiger charge is -2.24. The molecule has 0 aliphatic rings. The van der Waals surface area contributed by atoms with Crippen molar-refractivity contribution >= 4 is 11.5 Å². The Bertz CT molecular complexity index is 415. The van der Waals surface area contributed by atoms with Crippen molar-refractivity contribution in [1.29, 1.82) is 0 Å². The van der Waals surface area contributed by atoms with E-state index in [-0.39, 0.29) is 12.4 Å². The van der Waals surface area contributed by atoms with Crippen LogP contribution in [-0.4, -0.2) is 30.3 Å². The summed E-state index contributed by atoms with van der Waals surface area (Å²) >= 11 is 0. The molecule has 18 heavy (non-hydrogen) atoms. The van der Waals surface area contributed by atoms with Crippen molar-refractivity contribution in [1.82, 2.24) is 0 Å². The lowest BCUT2D eigenvalue weighted by molar-refractivity contribution is -0.119. The van der Waals surface area contributed by atoms with Crippen LogP contribution in [0.25, 0.3) is 0 Å². The lowest BCUT2D eigenvalue weighted by Crippen LogP contribution is -2.34. The average molecular weight is 261 g/mol. The number of amidine groups is 1. The Balaban J connectivity index is 2.89. The molecule has 0 aromatic heterocycles. The first kappa shape index (κ1) is 14.1. The maximum Gasteiger partial charge on any atom is 0.405 e. The average Bonchev–Trinajstić information content (AvgIpc) is 2.34. The molecule has 0 spiro atoms. The molecule has 0 saturated carbocycles. The Morgan fingerprint density at radius 1 is 1.33 bits per heavy atom. The van der Waals surface area contributed by atoms with Gasteiger partial charge in [0.2, 0.25) is 0 Å². The van der Waals surface area contributed by atoms with Crippen molar-refractivity contribution in [3.05, 3.63) is 29.8 Å². The highest BCUT2D eigenvalue weighted by atomic mass is 19.4. The number of rotatable bonds is 4. The zero-order valence-corrected chi connectivity index (χ0v) is 9.78. The van der Waals surface area contributed by atoms with E-state index < -0.39 is 12.7 Å². The van der Waals surface area contributed by atoms with Crippen molar-refractivity contribution < 1.29 is 18.4 Å². The second kappa shape index (κ2) is 5.61. The minimum absolute atomic E-state index is 0.0829. The van der Waals surface area contributed by atoms with Gasteiger partial charge in [0.05, 0.1) is 0 Å². The fraction of sp³-hybridized carbons (Fsp3) is 0.364. The number of hydrogen-bond acceptors (Lipinski definition) is 3. The molecule has 0 atom stereocenters. The summed E-state index contributed by atoms with van der Waals surface area (Å²) in [5, 5.41) is 11.3. The Morgan fingerprint density at radius 2 is 1.89 bits per heavy atom. The van der Waals surface area contributed by atoms with E-state index in [0.717, 1.165) is 0 Å². The largest absolute Gasteiger partial charge is 0.409 e. The van der Waals surface area contributed by atoms with Crippen LogP contribution in [-0.2, 0) is 0 Å². The molecule has 0 aliphatic heterocycles. The van der Waals surface area contributed by atoms with Crippen molar-refractivity contribution in [3.8, 4) is 0 Å². The molecule has 0 amide bonds. The van der Waals surface area contributed by atoms with Crippen LogP contribution in [0.5, 0.6) is 0 Å². The van der Waals surface area contributed by atoms with Crippen LogP contribution in [0.4, 0.5) is 18.9 Å². The third-order valence-electron chi connectivity index (χ3n) is 2.39. The molecule has 0 fully saturated rings. The van der Waals surface area contributed by atoms with Gasteiger partial charge in [0, 0.05) is 17.8 Å². The molecular weight excluding hydrogens is 247 g/mol. The van der Waals surface area contributed by atoms with Gasteiger partial charge in [-0.1, -0.05) is 5.16 Å². The quantitative estimate of drug-likeness (QED) is 0.378. The highest BCUT2D eigenvalue weighted by Crippen LogP contribution is 2.22. The standard InChI is InChI=1S/C11H14F3N3O/c1-2-17(7-11(12,13)14)9-5-3-8(4-6-9)10(15)16-18/h3-6,18H,2,7H2,1H3,(H2,15,16). The van der Waals surface area contributed by atoms with E-state index >= 15 is 0 Å². The van der Waals surface area contributed by atoms with E-state index in [2.05, 4.69) is 5.16 Å². The zero-order valence-electron chi connectivity index (χ0n) is 9.78. The van der Waals surface area contributed by atoms with E-state index in [1.54, 1.807) is 6.92 Å². The van der Waals surface area contributed by atoms with Crippen LogP contribution in [0.1, 0.15) is 12.5 Å². The fourth-order valence-corrected chi connectivity index (χ4v) is 1.50. The van der Waals surface area contributed by atoms with Gasteiger partial charge in [-0.25, -0.2) is 0 Å². The normalized spacial score (nSPS) is 12.6. The molecule has 100 valence electrons. The monoisotopic (exact) mass is 261 g/mol. The Morgan fingerprint density at radius 3 is 2.28 bits per heavy atom. The minimum atomic E-state index is -4.25. The summed E-state index contributed by atoms with van der Waals surface area (Å²) in [5.74, 6) is -0.0829. The van der Waals surface area contributed by atoms with E-state index in [1.165, 1.54) is 29.2 Å². The molecule has 0 saturated heterocycles. The van der Waals surface area contributed by atoms with E-state index in [1.807, 2.05) is 0 Å². The summed E-state index contributed by atoms with van der Waals surface area (Å²) in [7, 11) is 0. The number of nitrogens with two attached hydrogens (primary N) is 1. The van der Waals surface area contributed by atoms with Crippen LogP contribution >= 0.6 is 0 Å². The molecule has 0 bridgehead atoms. The SMILES string of the molecule is CCN(CC(F)(F)F)c1ccc(C(N)=NO)cc1. The summed E-state index contributed by atoms with van der Waals surface area (Å²) in [6, 6.07) is 6.01. The van der Waals surface area contributed by atoms with Crippen molar-refractivity contribution in [3.63, 3.8) is 0 Å². The third-order valence-corrected chi connectivity index (χ3v) is 2.39. The summed E-state index contributed by atoms with van der Waals surface area (Å²) in [6.07, 6.45) is -4.25. The number of benzene rings is 1. The summed E-state index contributed by atoms with van der Waals surface area (Å²) in [6.45, 7) is 0.873. The minimum Gasteiger partial charge on any atom is -0.409 e. The lowest BCUT2D eigenvalue weighted by atomic mass is 10.2. The van der Waals surface area contributed by atoms with Crippen LogP contribution < -0.4 is 10.6 Å². The first-order valence-corrected chi connectivity index (χ1v) is 5.27. The summed E-state index contributed by atoms with van der Waals surface area (Å²) in [5.41, 5.74) is 6.24. The molecule has 0 unspecified atom stereocenters. The topological polar surface area (TPSA) is 61.8 Å². The number of nitrogens with zero attached hydrogens (tertiary/aromatic N) is 2. The molecule has 7 heteroatoms. The second-order valence-corrected chi connectivity index (χ2v) is 3.66. The molecule has 0 heterocycles. The van der Waals surface area contributed by atoms with Gasteiger partial charge in [-0.05, 0) is 31.2 Å². The van der Waals surface area contributed by atoms with Gasteiger partial charge in [0.25, 0.3) is 0 Å². The van der Waals surface area contributed by atoms with Crippen molar-refractivity contribution in [2.75, 3.05) is 18.0 Å². The highest BCUT2D eigenvalue weighted by molar-refractivity contribution is 5.97. The smallest absolute Gasteiger partial charge is 0.405 e. The maximum absolute atomic E-state index is 12.3. The number of halogens is 3. The van der Waals surface area contributed by atoms with E-state index in [4.69, 9.17) is 10.9 Å². The molecule has 0 radical (unpaired) electrons. The van der Waals surface area contributed by atoms with Crippen LogP contribution in [0.15, 0.2) is 29.4 Å². The fourth-order valence-electron chi connectivity index (χ4n) is 1.50. The van der Waals surface area contributed by atoms with Gasteiger partial charge >= 0.3 is 6.18 Å².